The van der Waals surface area contributed by atoms with Gasteiger partial charge >= 0.3 is 5.56 Å². The summed E-state index contributed by atoms with van der Waals surface area (Å²) in [7, 11) is 0. The number of hydrogen-bond acceptors (Lipinski definition) is 4. The highest BCUT2D eigenvalue weighted by molar-refractivity contribution is 5.57. The zero-order valence-corrected chi connectivity index (χ0v) is 12.7. The van der Waals surface area contributed by atoms with E-state index in [1.807, 2.05) is 61.5 Å². The number of para-hydroxylation sites is 1. The summed E-state index contributed by atoms with van der Waals surface area (Å²) < 4.78 is 1.36. The summed E-state index contributed by atoms with van der Waals surface area (Å²) in [5.41, 5.74) is 8.16. The Morgan fingerprint density at radius 3 is 2.48 bits per heavy atom. The highest BCUT2D eigenvalue weighted by atomic mass is 16.1. The van der Waals surface area contributed by atoms with Gasteiger partial charge in [-0.25, -0.2) is 4.68 Å². The van der Waals surface area contributed by atoms with Crippen LogP contribution in [0.1, 0.15) is 12.5 Å². The van der Waals surface area contributed by atoms with Crippen LogP contribution in [0.15, 0.2) is 69.6 Å². The van der Waals surface area contributed by atoms with Crippen molar-refractivity contribution in [2.24, 2.45) is 10.2 Å². The van der Waals surface area contributed by atoms with Gasteiger partial charge in [-0.15, -0.1) is 10.2 Å². The number of aromatic nitrogens is 2. The topological polar surface area (TPSA) is 88.5 Å². The number of anilines is 1. The van der Waals surface area contributed by atoms with E-state index in [0.29, 0.717) is 5.69 Å². The number of hydrogen-bond donors (Lipinski definition) is 2. The van der Waals surface area contributed by atoms with Crippen molar-refractivity contribution in [2.75, 3.05) is 5.73 Å². The Hall–Kier alpha value is -3.15. The van der Waals surface area contributed by atoms with E-state index < -0.39 is 0 Å². The number of aromatic amines is 1. The number of benzene rings is 2. The van der Waals surface area contributed by atoms with Crippen LogP contribution in [0.3, 0.4) is 0 Å². The third-order valence-corrected chi connectivity index (χ3v) is 3.54. The number of aryl methyl sites for hydroxylation is 1. The highest BCUT2D eigenvalue weighted by Gasteiger charge is 2.12. The largest absolute Gasteiger partial charge is 0.382 e. The molecule has 23 heavy (non-hydrogen) atoms. The Morgan fingerprint density at radius 2 is 1.74 bits per heavy atom. The Morgan fingerprint density at radius 1 is 1.04 bits per heavy atom. The molecular formula is C17H17N5O. The summed E-state index contributed by atoms with van der Waals surface area (Å²) in [4.78, 5) is 12.5. The summed E-state index contributed by atoms with van der Waals surface area (Å²) in [5.74, 6) is 0.191. The molecule has 0 fully saturated rings. The average molecular weight is 307 g/mol. The smallest absolute Gasteiger partial charge is 0.301 e. The van der Waals surface area contributed by atoms with E-state index in [9.17, 15) is 4.79 Å². The number of rotatable bonds is 4. The summed E-state index contributed by atoms with van der Waals surface area (Å²) in [6.45, 7) is 2.04. The van der Waals surface area contributed by atoms with E-state index in [1.165, 1.54) is 4.68 Å². The van der Waals surface area contributed by atoms with Gasteiger partial charge in [-0.2, -0.15) is 0 Å². The van der Waals surface area contributed by atoms with Gasteiger partial charge in [0.15, 0.2) is 5.69 Å². The van der Waals surface area contributed by atoms with Gasteiger partial charge in [0, 0.05) is 0 Å². The number of azo groups is 1. The lowest BCUT2D eigenvalue weighted by atomic mass is 10.1. The van der Waals surface area contributed by atoms with Crippen molar-refractivity contribution in [1.29, 1.82) is 0 Å². The number of nitrogens with zero attached hydrogens (tertiary/aromatic N) is 3. The number of H-pyrrole nitrogens is 1. The first kappa shape index (κ1) is 14.8. The molecule has 1 aromatic heterocycles. The van der Waals surface area contributed by atoms with Gasteiger partial charge in [-0.05, 0) is 30.2 Å². The third-order valence-electron chi connectivity index (χ3n) is 3.54. The Balaban J connectivity index is 2.00. The molecule has 1 heterocycles. The van der Waals surface area contributed by atoms with Crippen LogP contribution in [0.4, 0.5) is 17.2 Å². The predicted octanol–water partition coefficient (Wildman–Crippen LogP) is 3.73. The SMILES string of the molecule is CCc1ccccc1N=Nc1c(N)[nH]n(-c2ccccc2)c1=O. The highest BCUT2D eigenvalue weighted by Crippen LogP contribution is 2.23. The predicted molar refractivity (Wildman–Crippen MR) is 90.8 cm³/mol. The van der Waals surface area contributed by atoms with Crippen molar-refractivity contribution < 1.29 is 0 Å². The molecule has 0 aliphatic carbocycles. The normalized spacial score (nSPS) is 11.2. The summed E-state index contributed by atoms with van der Waals surface area (Å²) in [5, 5.41) is 11.1. The molecule has 0 spiro atoms. The first-order valence-electron chi connectivity index (χ1n) is 7.36. The molecule has 0 radical (unpaired) electrons. The first-order chi connectivity index (χ1) is 11.2. The van der Waals surface area contributed by atoms with Crippen molar-refractivity contribution in [2.45, 2.75) is 13.3 Å². The Labute approximate surface area is 133 Å². The molecule has 116 valence electrons. The molecule has 0 aliphatic heterocycles. The van der Waals surface area contributed by atoms with E-state index in [4.69, 9.17) is 5.73 Å². The van der Waals surface area contributed by atoms with Crippen molar-refractivity contribution >= 4 is 17.2 Å². The molecule has 0 aliphatic rings. The number of nitrogen functional groups attached to an aromatic ring is 1. The summed E-state index contributed by atoms with van der Waals surface area (Å²) in [6, 6.07) is 16.9. The van der Waals surface area contributed by atoms with Crippen LogP contribution in [-0.2, 0) is 6.42 Å². The summed E-state index contributed by atoms with van der Waals surface area (Å²) in [6.07, 6.45) is 0.839. The molecule has 6 heteroatoms. The van der Waals surface area contributed by atoms with Crippen LogP contribution in [0.2, 0.25) is 0 Å². The van der Waals surface area contributed by atoms with E-state index in [1.54, 1.807) is 0 Å². The maximum Gasteiger partial charge on any atom is 0.301 e. The quantitative estimate of drug-likeness (QED) is 0.719. The van der Waals surface area contributed by atoms with Crippen molar-refractivity contribution in [3.8, 4) is 5.69 Å². The Bertz CT molecular complexity index is 893. The van der Waals surface area contributed by atoms with Gasteiger partial charge in [0.1, 0.15) is 5.82 Å². The van der Waals surface area contributed by atoms with Crippen LogP contribution in [0.5, 0.6) is 0 Å². The first-order valence-corrected chi connectivity index (χ1v) is 7.36. The number of nitrogens with one attached hydrogen (secondary N) is 1. The lowest BCUT2D eigenvalue weighted by Crippen LogP contribution is -2.13. The fourth-order valence-corrected chi connectivity index (χ4v) is 2.31. The molecule has 3 N–H and O–H groups in total. The third kappa shape index (κ3) is 2.91. The van der Waals surface area contributed by atoms with Crippen molar-refractivity contribution in [3.63, 3.8) is 0 Å². The van der Waals surface area contributed by atoms with E-state index >= 15 is 0 Å². The van der Waals surface area contributed by atoms with Gasteiger partial charge in [-0.1, -0.05) is 43.3 Å². The van der Waals surface area contributed by atoms with Gasteiger partial charge < -0.3 is 5.73 Å². The zero-order chi connectivity index (χ0) is 16.2. The zero-order valence-electron chi connectivity index (χ0n) is 12.7. The molecule has 0 bridgehead atoms. The van der Waals surface area contributed by atoms with Crippen LogP contribution < -0.4 is 11.3 Å². The van der Waals surface area contributed by atoms with Crippen molar-refractivity contribution in [1.82, 2.24) is 9.78 Å². The fraction of sp³-hybridized carbons (Fsp3) is 0.118. The maximum atomic E-state index is 12.5. The van der Waals surface area contributed by atoms with Gasteiger partial charge in [0.2, 0.25) is 0 Å². The average Bonchev–Trinajstić information content (AvgIpc) is 2.88. The van der Waals surface area contributed by atoms with E-state index in [-0.39, 0.29) is 17.1 Å². The van der Waals surface area contributed by atoms with Crippen LogP contribution >= 0.6 is 0 Å². The second-order valence-electron chi connectivity index (χ2n) is 5.03. The molecule has 3 aromatic rings. The molecule has 3 rings (SSSR count). The lowest BCUT2D eigenvalue weighted by Gasteiger charge is -1.99. The lowest BCUT2D eigenvalue weighted by molar-refractivity contribution is 0.853. The molecule has 0 amide bonds. The molecule has 6 nitrogen and oxygen atoms in total. The van der Waals surface area contributed by atoms with Crippen LogP contribution in [0.25, 0.3) is 5.69 Å². The minimum Gasteiger partial charge on any atom is -0.382 e. The van der Waals surface area contributed by atoms with Gasteiger partial charge in [-0.3, -0.25) is 9.89 Å². The Kier molecular flexibility index (Phi) is 4.05. The van der Waals surface area contributed by atoms with Gasteiger partial charge in [0.25, 0.3) is 0 Å². The molecule has 0 unspecified atom stereocenters. The van der Waals surface area contributed by atoms with Gasteiger partial charge in [0.05, 0.1) is 11.4 Å². The maximum absolute atomic E-state index is 12.5. The molecule has 2 aromatic carbocycles. The molecular weight excluding hydrogens is 290 g/mol. The fourth-order valence-electron chi connectivity index (χ4n) is 2.31. The molecule has 0 saturated carbocycles. The van der Waals surface area contributed by atoms with Crippen molar-refractivity contribution in [3.05, 3.63) is 70.5 Å². The number of nitrogens with two attached hydrogens (primary N) is 1. The molecule has 0 atom stereocenters. The van der Waals surface area contributed by atoms with E-state index in [2.05, 4.69) is 15.3 Å². The molecule has 0 saturated heterocycles. The standard InChI is InChI=1S/C17H17N5O/c1-2-12-8-6-7-11-14(12)19-20-15-16(18)21-22(17(15)23)13-9-4-3-5-10-13/h3-11,21H,2,18H2,1H3. The van der Waals surface area contributed by atoms with E-state index in [0.717, 1.165) is 17.7 Å². The second kappa shape index (κ2) is 6.31. The summed E-state index contributed by atoms with van der Waals surface area (Å²) >= 11 is 0. The minimum atomic E-state index is -0.327. The monoisotopic (exact) mass is 307 g/mol. The minimum absolute atomic E-state index is 0.111. The van der Waals surface area contributed by atoms with Crippen LogP contribution in [-0.4, -0.2) is 9.78 Å². The second-order valence-corrected chi connectivity index (χ2v) is 5.03. The van der Waals surface area contributed by atoms with Crippen LogP contribution in [0, 0.1) is 0 Å².